The molecule has 0 atom stereocenters. The average Bonchev–Trinajstić information content (AvgIpc) is 3.22. The third-order valence-corrected chi connectivity index (χ3v) is 5.80. The van der Waals surface area contributed by atoms with E-state index < -0.39 is 17.7 Å². The van der Waals surface area contributed by atoms with Gasteiger partial charge < -0.3 is 14.2 Å². The highest BCUT2D eigenvalue weighted by Crippen LogP contribution is 2.36. The lowest BCUT2D eigenvalue weighted by atomic mass is 10.1. The Morgan fingerprint density at radius 2 is 1.87 bits per heavy atom. The Bertz CT molecular complexity index is 1790. The van der Waals surface area contributed by atoms with Gasteiger partial charge in [0.05, 0.1) is 48.8 Å². The van der Waals surface area contributed by atoms with E-state index in [1.54, 1.807) is 12.1 Å². The first kappa shape index (κ1) is 24.3. The van der Waals surface area contributed by atoms with Crippen LogP contribution in [0.1, 0.15) is 11.1 Å². The summed E-state index contributed by atoms with van der Waals surface area (Å²) in [5, 5.41) is 9.53. The van der Waals surface area contributed by atoms with Crippen molar-refractivity contribution in [2.75, 3.05) is 14.2 Å². The van der Waals surface area contributed by atoms with Gasteiger partial charge in [0.1, 0.15) is 17.9 Å². The standard InChI is InChI=1S/C27H19FN4O6/c1-35-23-12-20-18(11-24(23)37-15-16-6-4-3-5-7-16)25-22(14-30-20)32(38-27(34)36-2)26(33)31(25)21-9-8-17(13-29)10-19(21)28/h3-12,14H,15H2,1-2H3. The van der Waals surface area contributed by atoms with Gasteiger partial charge in [0, 0.05) is 11.5 Å². The highest BCUT2D eigenvalue weighted by molar-refractivity contribution is 6.04. The van der Waals surface area contributed by atoms with Gasteiger partial charge in [0.15, 0.2) is 11.5 Å². The predicted octanol–water partition coefficient (Wildman–Crippen LogP) is 4.13. The molecule has 38 heavy (non-hydrogen) atoms. The smallest absolute Gasteiger partial charge is 0.493 e. The van der Waals surface area contributed by atoms with Crippen LogP contribution in [0, 0.1) is 17.1 Å². The van der Waals surface area contributed by atoms with Crippen molar-refractivity contribution >= 4 is 28.1 Å². The summed E-state index contributed by atoms with van der Waals surface area (Å²) in [6, 6.07) is 18.2. The van der Waals surface area contributed by atoms with Crippen molar-refractivity contribution in [3.05, 3.63) is 94.3 Å². The molecule has 11 heteroatoms. The van der Waals surface area contributed by atoms with Crippen LogP contribution in [-0.2, 0) is 11.3 Å². The summed E-state index contributed by atoms with van der Waals surface area (Å²) < 4.78 is 32.9. The Morgan fingerprint density at radius 3 is 2.55 bits per heavy atom. The molecule has 3 aromatic carbocycles. The van der Waals surface area contributed by atoms with Gasteiger partial charge in [0.2, 0.25) is 0 Å². The minimum atomic E-state index is -1.16. The average molecular weight is 514 g/mol. The summed E-state index contributed by atoms with van der Waals surface area (Å²) in [5.74, 6) is -0.0923. The minimum Gasteiger partial charge on any atom is -0.493 e. The molecule has 0 aliphatic heterocycles. The number of fused-ring (bicyclic) bond motifs is 3. The summed E-state index contributed by atoms with van der Waals surface area (Å²) in [6.07, 6.45) is 0.150. The van der Waals surface area contributed by atoms with Gasteiger partial charge in [-0.2, -0.15) is 5.26 Å². The molecule has 0 amide bonds. The van der Waals surface area contributed by atoms with Crippen molar-refractivity contribution < 1.29 is 28.2 Å². The van der Waals surface area contributed by atoms with Crippen molar-refractivity contribution in [3.63, 3.8) is 0 Å². The molecular weight excluding hydrogens is 495 g/mol. The number of carbonyl (C=O) groups is 1. The van der Waals surface area contributed by atoms with Crippen LogP contribution >= 0.6 is 0 Å². The Balaban J connectivity index is 1.79. The second-order valence-corrected chi connectivity index (χ2v) is 8.02. The normalized spacial score (nSPS) is 10.8. The number of nitriles is 1. The van der Waals surface area contributed by atoms with Crippen LogP contribution in [0.5, 0.6) is 11.5 Å². The van der Waals surface area contributed by atoms with Gasteiger partial charge in [-0.3, -0.25) is 14.4 Å². The fraction of sp³-hybridized carbons (Fsp3) is 0.111. The van der Waals surface area contributed by atoms with E-state index in [4.69, 9.17) is 19.6 Å². The van der Waals surface area contributed by atoms with E-state index in [1.165, 1.54) is 25.4 Å². The quantitative estimate of drug-likeness (QED) is 0.311. The van der Waals surface area contributed by atoms with Crippen molar-refractivity contribution in [3.8, 4) is 23.3 Å². The van der Waals surface area contributed by atoms with Crippen LogP contribution in [0.4, 0.5) is 9.18 Å². The molecule has 0 saturated carbocycles. The van der Waals surface area contributed by atoms with Gasteiger partial charge in [-0.15, -0.1) is 4.73 Å². The first-order valence-corrected chi connectivity index (χ1v) is 11.2. The number of benzene rings is 3. The molecule has 10 nitrogen and oxygen atoms in total. The predicted molar refractivity (Wildman–Crippen MR) is 134 cm³/mol. The van der Waals surface area contributed by atoms with Crippen LogP contribution in [0.3, 0.4) is 0 Å². The Kier molecular flexibility index (Phi) is 6.37. The third-order valence-electron chi connectivity index (χ3n) is 5.80. The first-order valence-electron chi connectivity index (χ1n) is 11.2. The fourth-order valence-corrected chi connectivity index (χ4v) is 4.04. The number of rotatable bonds is 6. The number of imidazole rings is 1. The Labute approximate surface area is 214 Å². The lowest BCUT2D eigenvalue weighted by molar-refractivity contribution is 0.0644. The molecule has 0 aliphatic carbocycles. The molecule has 190 valence electrons. The van der Waals surface area contributed by atoms with E-state index in [0.29, 0.717) is 27.1 Å². The van der Waals surface area contributed by atoms with Crippen molar-refractivity contribution in [2.45, 2.75) is 6.61 Å². The summed E-state index contributed by atoms with van der Waals surface area (Å²) in [4.78, 5) is 34.9. The largest absolute Gasteiger partial charge is 0.533 e. The summed E-state index contributed by atoms with van der Waals surface area (Å²) in [6.45, 7) is 0.232. The molecule has 0 aliphatic rings. The maximum absolute atomic E-state index is 15.2. The highest BCUT2D eigenvalue weighted by atomic mass is 19.1. The van der Waals surface area contributed by atoms with Crippen LogP contribution < -0.4 is 20.0 Å². The molecular formula is C27H19FN4O6. The Hall–Kier alpha value is -5.37. The van der Waals surface area contributed by atoms with Gasteiger partial charge in [-0.05, 0) is 29.8 Å². The van der Waals surface area contributed by atoms with E-state index >= 15 is 4.39 Å². The van der Waals surface area contributed by atoms with E-state index in [0.717, 1.165) is 23.3 Å². The number of halogens is 1. The summed E-state index contributed by atoms with van der Waals surface area (Å²) in [7, 11) is 2.57. The maximum Gasteiger partial charge on any atom is 0.533 e. The third kappa shape index (κ3) is 4.24. The Morgan fingerprint density at radius 1 is 1.08 bits per heavy atom. The van der Waals surface area contributed by atoms with Gasteiger partial charge in [-0.1, -0.05) is 30.3 Å². The van der Waals surface area contributed by atoms with Crippen LogP contribution in [0.25, 0.3) is 27.6 Å². The van der Waals surface area contributed by atoms with Crippen LogP contribution in [0.2, 0.25) is 0 Å². The zero-order valence-electron chi connectivity index (χ0n) is 20.2. The number of pyridine rings is 1. The van der Waals surface area contributed by atoms with Crippen LogP contribution in [-0.4, -0.2) is 34.7 Å². The molecule has 0 saturated heterocycles. The van der Waals surface area contributed by atoms with Gasteiger partial charge in [0.25, 0.3) is 0 Å². The zero-order chi connectivity index (χ0) is 26.8. The van der Waals surface area contributed by atoms with E-state index in [-0.39, 0.29) is 28.9 Å². The summed E-state index contributed by atoms with van der Waals surface area (Å²) >= 11 is 0. The number of hydrogen-bond acceptors (Lipinski definition) is 8. The first-order chi connectivity index (χ1) is 18.4. The number of methoxy groups -OCH3 is 2. The number of nitrogens with zero attached hydrogens (tertiary/aromatic N) is 4. The SMILES string of the molecule is COC(=O)On1c(=O)n(-c2ccc(C#N)cc2F)c2c3cc(OCc4ccccc4)c(OC)cc3ncc21. The molecule has 5 aromatic rings. The fourth-order valence-electron chi connectivity index (χ4n) is 4.04. The van der Waals surface area contributed by atoms with E-state index in [1.807, 2.05) is 36.4 Å². The van der Waals surface area contributed by atoms with E-state index in [2.05, 4.69) is 9.72 Å². The molecule has 2 heterocycles. The van der Waals surface area contributed by atoms with Crippen molar-refractivity contribution in [2.24, 2.45) is 0 Å². The topological polar surface area (TPSA) is 118 Å². The molecule has 0 unspecified atom stereocenters. The van der Waals surface area contributed by atoms with Crippen molar-refractivity contribution in [1.82, 2.24) is 14.3 Å². The number of aromatic nitrogens is 3. The zero-order valence-corrected chi connectivity index (χ0v) is 20.2. The lowest BCUT2D eigenvalue weighted by Gasteiger charge is -2.13. The molecule has 0 bridgehead atoms. The molecule has 0 fully saturated rings. The maximum atomic E-state index is 15.2. The van der Waals surface area contributed by atoms with Gasteiger partial charge in [-0.25, -0.2) is 14.0 Å². The van der Waals surface area contributed by atoms with Gasteiger partial charge >= 0.3 is 11.8 Å². The molecule has 0 spiro atoms. The molecule has 0 radical (unpaired) electrons. The lowest BCUT2D eigenvalue weighted by Crippen LogP contribution is -2.32. The summed E-state index contributed by atoms with van der Waals surface area (Å²) in [5.41, 5.74) is 0.573. The highest BCUT2D eigenvalue weighted by Gasteiger charge is 2.24. The second-order valence-electron chi connectivity index (χ2n) is 8.02. The van der Waals surface area contributed by atoms with E-state index in [9.17, 15) is 9.59 Å². The monoisotopic (exact) mass is 514 g/mol. The van der Waals surface area contributed by atoms with Crippen LogP contribution in [0.15, 0.2) is 71.7 Å². The second kappa shape index (κ2) is 9.94. The molecule has 5 rings (SSSR count). The number of ether oxygens (including phenoxy) is 3. The molecule has 0 N–H and O–H groups in total. The number of hydrogen-bond donors (Lipinski definition) is 0. The van der Waals surface area contributed by atoms with Crippen molar-refractivity contribution in [1.29, 1.82) is 5.26 Å². The minimum absolute atomic E-state index is 0.0656. The number of carbonyl (C=O) groups excluding carboxylic acids is 1. The molecule has 2 aromatic heterocycles.